The van der Waals surface area contributed by atoms with Gasteiger partial charge in [-0.05, 0) is 63.4 Å². The molecule has 2 aromatic heterocycles. The van der Waals surface area contributed by atoms with Gasteiger partial charge in [0.2, 0.25) is 5.91 Å². The number of carbonyl (C=O) groups is 1. The third kappa shape index (κ3) is 3.18. The Bertz CT molecular complexity index is 1330. The lowest BCUT2D eigenvalue weighted by atomic mass is 10.1. The predicted molar refractivity (Wildman–Crippen MR) is 120 cm³/mol. The quantitative estimate of drug-likeness (QED) is 0.547. The van der Waals surface area contributed by atoms with Crippen LogP contribution >= 0.6 is 0 Å². The molecule has 0 saturated heterocycles. The van der Waals surface area contributed by atoms with Crippen molar-refractivity contribution < 1.29 is 4.79 Å². The van der Waals surface area contributed by atoms with Crippen molar-refractivity contribution in [2.45, 2.75) is 47.1 Å². The number of rotatable bonds is 4. The number of nitrogens with zero attached hydrogens (tertiary/aromatic N) is 3. The molecule has 4 rings (SSSR count). The Labute approximate surface area is 175 Å². The van der Waals surface area contributed by atoms with Crippen molar-refractivity contribution in [1.82, 2.24) is 14.2 Å². The van der Waals surface area contributed by atoms with E-state index in [9.17, 15) is 9.59 Å². The number of fused-ring (bicyclic) bond motifs is 3. The van der Waals surface area contributed by atoms with Gasteiger partial charge in [0.25, 0.3) is 5.56 Å². The summed E-state index contributed by atoms with van der Waals surface area (Å²) in [7, 11) is 0. The second kappa shape index (κ2) is 7.44. The Kier molecular flexibility index (Phi) is 4.94. The van der Waals surface area contributed by atoms with Crippen molar-refractivity contribution in [1.29, 1.82) is 0 Å². The fourth-order valence-electron chi connectivity index (χ4n) is 4.10. The van der Waals surface area contributed by atoms with Gasteiger partial charge in [0.15, 0.2) is 0 Å². The molecule has 1 N–H and O–H groups in total. The van der Waals surface area contributed by atoms with Crippen LogP contribution in [0.4, 0.5) is 5.69 Å². The number of benzene rings is 2. The van der Waals surface area contributed by atoms with Crippen LogP contribution in [0.2, 0.25) is 0 Å². The van der Waals surface area contributed by atoms with E-state index >= 15 is 0 Å². The van der Waals surface area contributed by atoms with E-state index in [-0.39, 0.29) is 11.5 Å². The normalized spacial score (nSPS) is 12.4. The summed E-state index contributed by atoms with van der Waals surface area (Å²) >= 11 is 0. The van der Waals surface area contributed by atoms with E-state index in [0.29, 0.717) is 17.8 Å². The van der Waals surface area contributed by atoms with Gasteiger partial charge in [-0.15, -0.1) is 0 Å². The number of anilines is 1. The third-order valence-corrected chi connectivity index (χ3v) is 5.67. The van der Waals surface area contributed by atoms with E-state index in [0.717, 1.165) is 33.3 Å². The summed E-state index contributed by atoms with van der Waals surface area (Å²) in [6.07, 6.45) is 0.457. The van der Waals surface area contributed by atoms with Crippen molar-refractivity contribution in [3.05, 3.63) is 75.3 Å². The number of hydrogen-bond acceptors (Lipinski definition) is 3. The van der Waals surface area contributed by atoms with E-state index in [2.05, 4.69) is 16.5 Å². The topological polar surface area (TPSA) is 68.4 Å². The zero-order valence-corrected chi connectivity index (χ0v) is 18.0. The molecule has 6 heteroatoms. The summed E-state index contributed by atoms with van der Waals surface area (Å²) in [4.78, 5) is 26.5. The highest BCUT2D eigenvalue weighted by Gasteiger charge is 2.24. The number of carbonyl (C=O) groups excluding carboxylic acids is 1. The largest absolute Gasteiger partial charge is 0.324 e. The molecular weight excluding hydrogens is 376 g/mol. The molecule has 2 aromatic carbocycles. The Morgan fingerprint density at radius 2 is 1.73 bits per heavy atom. The fraction of sp³-hybridized carbons (Fsp3) is 0.292. The van der Waals surface area contributed by atoms with Crippen molar-refractivity contribution in [2.75, 3.05) is 5.32 Å². The van der Waals surface area contributed by atoms with E-state index < -0.39 is 6.04 Å². The first-order valence-corrected chi connectivity index (χ1v) is 10.2. The Morgan fingerprint density at radius 3 is 2.40 bits per heavy atom. The van der Waals surface area contributed by atoms with Gasteiger partial charge in [0.05, 0.1) is 5.52 Å². The van der Waals surface area contributed by atoms with Crippen LogP contribution in [0.1, 0.15) is 41.9 Å². The summed E-state index contributed by atoms with van der Waals surface area (Å²) < 4.78 is 3.20. The van der Waals surface area contributed by atoms with Crippen LogP contribution < -0.4 is 10.9 Å². The van der Waals surface area contributed by atoms with Gasteiger partial charge in [-0.25, -0.2) is 4.68 Å². The maximum Gasteiger partial charge on any atom is 0.291 e. The molecule has 0 unspecified atom stereocenters. The molecule has 1 amide bonds. The minimum Gasteiger partial charge on any atom is -0.324 e. The maximum absolute atomic E-state index is 13.3. The standard InChI is InChI=1S/C24H26N4O2/c1-6-19(23(29)25-22-15(3)8-7-9-16(22)4)28-24(30)21-13-18-12-14(2)10-11-20(18)27(21)17(5)26-28/h7-13,19H,6H2,1-5H3,(H,25,29)/t19-/m0/s1. The molecule has 0 bridgehead atoms. The first kappa shape index (κ1) is 19.9. The van der Waals surface area contributed by atoms with Crippen molar-refractivity contribution in [3.63, 3.8) is 0 Å². The van der Waals surface area contributed by atoms with Crippen molar-refractivity contribution in [3.8, 4) is 0 Å². The molecule has 0 fully saturated rings. The molecule has 6 nitrogen and oxygen atoms in total. The SMILES string of the molecule is CC[C@@H](C(=O)Nc1c(C)cccc1C)n1nc(C)n2c(cc3cc(C)ccc32)c1=O. The number of para-hydroxylation sites is 1. The molecule has 0 aliphatic heterocycles. The molecule has 2 heterocycles. The second-order valence-corrected chi connectivity index (χ2v) is 7.90. The summed E-state index contributed by atoms with van der Waals surface area (Å²) in [5.41, 5.74) is 5.09. The average Bonchev–Trinajstić information content (AvgIpc) is 3.08. The zero-order chi connectivity index (χ0) is 21.6. The maximum atomic E-state index is 13.3. The Morgan fingerprint density at radius 1 is 1.03 bits per heavy atom. The van der Waals surface area contributed by atoms with Gasteiger partial charge in [0, 0.05) is 11.1 Å². The second-order valence-electron chi connectivity index (χ2n) is 7.90. The number of amides is 1. The molecule has 0 saturated carbocycles. The highest BCUT2D eigenvalue weighted by Crippen LogP contribution is 2.23. The first-order valence-electron chi connectivity index (χ1n) is 10.2. The summed E-state index contributed by atoms with van der Waals surface area (Å²) in [5.74, 6) is 0.432. The Balaban J connectivity index is 1.82. The van der Waals surface area contributed by atoms with Crippen LogP contribution in [0.3, 0.4) is 0 Å². The molecule has 4 aromatic rings. The average molecular weight is 402 g/mol. The lowest BCUT2D eigenvalue weighted by Gasteiger charge is -2.19. The van der Waals surface area contributed by atoms with Crippen LogP contribution in [0.15, 0.2) is 47.3 Å². The zero-order valence-electron chi connectivity index (χ0n) is 18.0. The fourth-order valence-corrected chi connectivity index (χ4v) is 4.10. The van der Waals surface area contributed by atoms with Crippen molar-refractivity contribution >= 4 is 28.0 Å². The van der Waals surface area contributed by atoms with E-state index in [1.165, 1.54) is 4.68 Å². The van der Waals surface area contributed by atoms with Crippen molar-refractivity contribution in [2.24, 2.45) is 0 Å². The smallest absolute Gasteiger partial charge is 0.291 e. The van der Waals surface area contributed by atoms with Crippen LogP contribution in [-0.4, -0.2) is 20.1 Å². The minimum absolute atomic E-state index is 0.236. The van der Waals surface area contributed by atoms with Crippen LogP contribution in [0, 0.1) is 27.7 Å². The summed E-state index contributed by atoms with van der Waals surface area (Å²) in [6, 6.07) is 13.1. The van der Waals surface area contributed by atoms with Crippen LogP contribution in [0.5, 0.6) is 0 Å². The van der Waals surface area contributed by atoms with Gasteiger partial charge < -0.3 is 5.32 Å². The Hall–Kier alpha value is -3.41. The van der Waals surface area contributed by atoms with E-state index in [1.54, 1.807) is 0 Å². The van der Waals surface area contributed by atoms with Gasteiger partial charge >= 0.3 is 0 Å². The third-order valence-electron chi connectivity index (χ3n) is 5.67. The van der Waals surface area contributed by atoms with Gasteiger partial charge in [0.1, 0.15) is 17.4 Å². The number of hydrogen-bond donors (Lipinski definition) is 1. The van der Waals surface area contributed by atoms with Gasteiger partial charge in [-0.1, -0.05) is 36.8 Å². The van der Waals surface area contributed by atoms with Gasteiger partial charge in [-0.3, -0.25) is 14.0 Å². The number of aryl methyl sites for hydroxylation is 4. The molecular formula is C24H26N4O2. The van der Waals surface area contributed by atoms with E-state index in [1.807, 2.05) is 75.4 Å². The molecule has 0 aliphatic carbocycles. The summed E-state index contributed by atoms with van der Waals surface area (Å²) in [5, 5.41) is 8.53. The highest BCUT2D eigenvalue weighted by atomic mass is 16.2. The van der Waals surface area contributed by atoms with Crippen LogP contribution in [-0.2, 0) is 4.79 Å². The monoisotopic (exact) mass is 402 g/mol. The molecule has 1 atom stereocenters. The molecule has 0 radical (unpaired) electrons. The summed E-state index contributed by atoms with van der Waals surface area (Å²) in [6.45, 7) is 9.69. The molecule has 0 aliphatic rings. The molecule has 0 spiro atoms. The predicted octanol–water partition coefficient (Wildman–Crippen LogP) is 4.47. The lowest BCUT2D eigenvalue weighted by Crippen LogP contribution is -2.36. The highest BCUT2D eigenvalue weighted by molar-refractivity contribution is 5.95. The van der Waals surface area contributed by atoms with E-state index in [4.69, 9.17) is 0 Å². The number of aromatic nitrogens is 3. The lowest BCUT2D eigenvalue weighted by molar-refractivity contribution is -0.119. The first-order chi connectivity index (χ1) is 14.3. The molecule has 30 heavy (non-hydrogen) atoms. The van der Waals surface area contributed by atoms with Crippen LogP contribution in [0.25, 0.3) is 16.4 Å². The number of nitrogens with one attached hydrogen (secondary N) is 1. The minimum atomic E-state index is -0.694. The molecule has 154 valence electrons. The van der Waals surface area contributed by atoms with Gasteiger partial charge in [-0.2, -0.15) is 5.10 Å².